The molecule has 98 valence electrons. The van der Waals surface area contributed by atoms with Crippen molar-refractivity contribution in [2.24, 2.45) is 7.05 Å². The van der Waals surface area contributed by atoms with Crippen molar-refractivity contribution in [1.82, 2.24) is 13.9 Å². The molecule has 0 N–H and O–H groups in total. The standard InChI is InChI=1S/C10H18ClN3O2S/c1-5-6-8(2)14(4)17(15,16)10-9(11)13(3)7-12-10/h7-8H,5-6H2,1-4H3. The summed E-state index contributed by atoms with van der Waals surface area (Å²) in [4.78, 5) is 3.85. The zero-order chi connectivity index (χ0) is 13.2. The van der Waals surface area contributed by atoms with Crippen molar-refractivity contribution in [1.29, 1.82) is 0 Å². The highest BCUT2D eigenvalue weighted by atomic mass is 35.5. The Kier molecular flexibility index (Phi) is 4.57. The quantitative estimate of drug-likeness (QED) is 0.827. The molecule has 0 aliphatic rings. The lowest BCUT2D eigenvalue weighted by Gasteiger charge is -2.22. The van der Waals surface area contributed by atoms with Gasteiger partial charge in [0.25, 0.3) is 10.0 Å². The maximum atomic E-state index is 12.2. The van der Waals surface area contributed by atoms with Crippen molar-refractivity contribution >= 4 is 21.6 Å². The summed E-state index contributed by atoms with van der Waals surface area (Å²) in [6, 6.07) is -0.0666. The van der Waals surface area contributed by atoms with Crippen LogP contribution >= 0.6 is 11.6 Å². The van der Waals surface area contributed by atoms with Gasteiger partial charge in [0.15, 0.2) is 0 Å². The maximum Gasteiger partial charge on any atom is 0.263 e. The van der Waals surface area contributed by atoms with E-state index in [2.05, 4.69) is 4.98 Å². The van der Waals surface area contributed by atoms with Crippen molar-refractivity contribution < 1.29 is 8.42 Å². The predicted octanol–water partition coefficient (Wildman–Crippen LogP) is 1.88. The van der Waals surface area contributed by atoms with E-state index in [1.165, 1.54) is 15.2 Å². The number of aryl methyl sites for hydroxylation is 1. The number of imidazole rings is 1. The van der Waals surface area contributed by atoms with Crippen LogP contribution in [0, 0.1) is 0 Å². The van der Waals surface area contributed by atoms with Crippen LogP contribution in [0.2, 0.25) is 5.15 Å². The van der Waals surface area contributed by atoms with Gasteiger partial charge in [-0.15, -0.1) is 0 Å². The molecule has 0 aromatic carbocycles. The van der Waals surface area contributed by atoms with Crippen LogP contribution in [0.15, 0.2) is 11.4 Å². The minimum absolute atomic E-state index is 0.0666. The normalized spacial score (nSPS) is 14.2. The van der Waals surface area contributed by atoms with Crippen molar-refractivity contribution in [3.8, 4) is 0 Å². The average molecular weight is 280 g/mol. The Labute approximate surface area is 107 Å². The van der Waals surface area contributed by atoms with Gasteiger partial charge in [0.1, 0.15) is 5.15 Å². The number of hydrogen-bond donors (Lipinski definition) is 0. The number of rotatable bonds is 5. The van der Waals surface area contributed by atoms with Gasteiger partial charge in [0.05, 0.1) is 6.33 Å². The molecule has 1 aromatic heterocycles. The second kappa shape index (κ2) is 5.37. The van der Waals surface area contributed by atoms with E-state index in [9.17, 15) is 8.42 Å². The summed E-state index contributed by atoms with van der Waals surface area (Å²) in [7, 11) is -0.388. The van der Waals surface area contributed by atoms with E-state index < -0.39 is 10.0 Å². The van der Waals surface area contributed by atoms with Gasteiger partial charge in [-0.05, 0) is 13.3 Å². The molecule has 0 saturated heterocycles. The molecule has 1 heterocycles. The third-order valence-electron chi connectivity index (χ3n) is 2.78. The molecule has 0 radical (unpaired) electrons. The lowest BCUT2D eigenvalue weighted by atomic mass is 10.2. The topological polar surface area (TPSA) is 55.2 Å². The third-order valence-corrected chi connectivity index (χ3v) is 5.25. The average Bonchev–Trinajstić information content (AvgIpc) is 2.59. The fraction of sp³-hybridized carbons (Fsp3) is 0.700. The summed E-state index contributed by atoms with van der Waals surface area (Å²) in [5, 5.41) is 0.0627. The number of nitrogens with zero attached hydrogens (tertiary/aromatic N) is 3. The predicted molar refractivity (Wildman–Crippen MR) is 67.5 cm³/mol. The Balaban J connectivity index is 3.07. The smallest absolute Gasteiger partial charge is 0.263 e. The van der Waals surface area contributed by atoms with Crippen LogP contribution in [0.4, 0.5) is 0 Å². The van der Waals surface area contributed by atoms with Gasteiger partial charge in [-0.3, -0.25) is 0 Å². The van der Waals surface area contributed by atoms with Crippen molar-refractivity contribution in [2.45, 2.75) is 37.8 Å². The molecule has 1 rings (SSSR count). The molecule has 0 amide bonds. The zero-order valence-corrected chi connectivity index (χ0v) is 12.1. The first-order chi connectivity index (χ1) is 7.82. The molecule has 0 saturated carbocycles. The van der Waals surface area contributed by atoms with E-state index >= 15 is 0 Å². The highest BCUT2D eigenvalue weighted by Crippen LogP contribution is 2.23. The summed E-state index contributed by atoms with van der Waals surface area (Å²) in [5.74, 6) is 0. The number of sulfonamides is 1. The highest BCUT2D eigenvalue weighted by Gasteiger charge is 2.29. The SMILES string of the molecule is CCCC(C)N(C)S(=O)(=O)c1ncn(C)c1Cl. The first-order valence-electron chi connectivity index (χ1n) is 5.47. The fourth-order valence-electron chi connectivity index (χ4n) is 1.54. The molecule has 1 unspecified atom stereocenters. The highest BCUT2D eigenvalue weighted by molar-refractivity contribution is 7.89. The Morgan fingerprint density at radius 2 is 2.18 bits per heavy atom. The molecule has 1 atom stereocenters. The number of halogens is 1. The monoisotopic (exact) mass is 279 g/mol. The fourth-order valence-corrected chi connectivity index (χ4v) is 3.31. The minimum Gasteiger partial charge on any atom is -0.324 e. The van der Waals surface area contributed by atoms with Crippen molar-refractivity contribution in [3.05, 3.63) is 11.5 Å². The lowest BCUT2D eigenvalue weighted by molar-refractivity contribution is 0.367. The largest absolute Gasteiger partial charge is 0.324 e. The molecule has 0 aliphatic carbocycles. The first-order valence-corrected chi connectivity index (χ1v) is 7.29. The molecule has 5 nitrogen and oxygen atoms in total. The molecule has 17 heavy (non-hydrogen) atoms. The van der Waals surface area contributed by atoms with E-state index in [1.54, 1.807) is 14.1 Å². The van der Waals surface area contributed by atoms with Gasteiger partial charge in [0.2, 0.25) is 5.03 Å². The van der Waals surface area contributed by atoms with Crippen LogP contribution in [-0.4, -0.2) is 35.4 Å². The second-order valence-corrected chi connectivity index (χ2v) is 6.38. The molecular weight excluding hydrogens is 262 g/mol. The molecule has 0 aliphatic heterocycles. The van der Waals surface area contributed by atoms with E-state index in [-0.39, 0.29) is 16.2 Å². The summed E-state index contributed by atoms with van der Waals surface area (Å²) in [6.07, 6.45) is 3.13. The van der Waals surface area contributed by atoms with Gasteiger partial charge in [-0.1, -0.05) is 24.9 Å². The molecule has 0 bridgehead atoms. The van der Waals surface area contributed by atoms with Crippen molar-refractivity contribution in [2.75, 3.05) is 7.05 Å². The summed E-state index contributed by atoms with van der Waals surface area (Å²) >= 11 is 5.91. The molecule has 7 heteroatoms. The number of aromatic nitrogens is 2. The number of hydrogen-bond acceptors (Lipinski definition) is 3. The van der Waals surface area contributed by atoms with Crippen LogP contribution in [0.1, 0.15) is 26.7 Å². The summed E-state index contributed by atoms with van der Waals surface area (Å²) in [6.45, 7) is 3.89. The Morgan fingerprint density at radius 3 is 2.59 bits per heavy atom. The van der Waals surface area contributed by atoms with Crippen LogP contribution < -0.4 is 0 Å². The zero-order valence-electron chi connectivity index (χ0n) is 10.5. The molecule has 0 spiro atoms. The van der Waals surface area contributed by atoms with Gasteiger partial charge >= 0.3 is 0 Å². The minimum atomic E-state index is -3.60. The van der Waals surface area contributed by atoms with Crippen LogP contribution in [0.3, 0.4) is 0 Å². The van der Waals surface area contributed by atoms with E-state index in [4.69, 9.17) is 11.6 Å². The van der Waals surface area contributed by atoms with Gasteiger partial charge in [-0.25, -0.2) is 13.4 Å². The van der Waals surface area contributed by atoms with E-state index in [1.807, 2.05) is 13.8 Å². The van der Waals surface area contributed by atoms with Gasteiger partial charge in [-0.2, -0.15) is 4.31 Å². The molecule has 1 aromatic rings. The van der Waals surface area contributed by atoms with E-state index in [0.717, 1.165) is 12.8 Å². The summed E-state index contributed by atoms with van der Waals surface area (Å²) < 4.78 is 27.3. The Bertz CT molecular complexity index is 484. The van der Waals surface area contributed by atoms with Crippen molar-refractivity contribution in [3.63, 3.8) is 0 Å². The Morgan fingerprint density at radius 1 is 1.59 bits per heavy atom. The molecular formula is C10H18ClN3O2S. The first kappa shape index (κ1) is 14.5. The van der Waals surface area contributed by atoms with Gasteiger partial charge in [0, 0.05) is 20.1 Å². The van der Waals surface area contributed by atoms with Crippen LogP contribution in [0.25, 0.3) is 0 Å². The molecule has 0 fully saturated rings. The van der Waals surface area contributed by atoms with Crippen LogP contribution in [-0.2, 0) is 17.1 Å². The van der Waals surface area contributed by atoms with Gasteiger partial charge < -0.3 is 4.57 Å². The maximum absolute atomic E-state index is 12.2. The third kappa shape index (κ3) is 2.81. The second-order valence-electron chi connectivity index (χ2n) is 4.11. The van der Waals surface area contributed by atoms with E-state index in [0.29, 0.717) is 0 Å². The van der Waals surface area contributed by atoms with Crippen LogP contribution in [0.5, 0.6) is 0 Å². The lowest BCUT2D eigenvalue weighted by Crippen LogP contribution is -2.35. The Hall–Kier alpha value is -0.590. The summed E-state index contributed by atoms with van der Waals surface area (Å²) in [5.41, 5.74) is 0.